The first kappa shape index (κ1) is 30.7. The van der Waals surface area contributed by atoms with Crippen molar-refractivity contribution in [2.45, 2.75) is 109 Å². The van der Waals surface area contributed by atoms with Crippen molar-refractivity contribution in [3.63, 3.8) is 0 Å². The first-order valence-electron chi connectivity index (χ1n) is 15.2. The Morgan fingerprint density at radius 3 is 2.65 bits per heavy atom. The highest BCUT2D eigenvalue weighted by atomic mass is 28.3. The number of aryl methyl sites for hydroxylation is 1. The van der Waals surface area contributed by atoms with Gasteiger partial charge >= 0.3 is 6.03 Å². The van der Waals surface area contributed by atoms with E-state index >= 15 is 0 Å². The lowest BCUT2D eigenvalue weighted by Crippen LogP contribution is -2.53. The van der Waals surface area contributed by atoms with Crippen LogP contribution in [-0.4, -0.2) is 67.2 Å². The molecule has 40 heavy (non-hydrogen) atoms. The molecule has 0 unspecified atom stereocenters. The zero-order valence-electron chi connectivity index (χ0n) is 25.1. The van der Waals surface area contributed by atoms with Gasteiger partial charge in [-0.1, -0.05) is 31.8 Å². The van der Waals surface area contributed by atoms with Crippen molar-refractivity contribution in [3.05, 3.63) is 53.1 Å². The Morgan fingerprint density at radius 1 is 1.18 bits per heavy atom. The second kappa shape index (κ2) is 14.1. The lowest BCUT2D eigenvalue weighted by Gasteiger charge is -2.41. The van der Waals surface area contributed by atoms with Crippen LogP contribution in [0.1, 0.15) is 74.1 Å². The molecule has 0 spiro atoms. The fourth-order valence-corrected chi connectivity index (χ4v) is 6.91. The maximum absolute atomic E-state index is 13.7. The van der Waals surface area contributed by atoms with Gasteiger partial charge in [0.05, 0.1) is 24.4 Å². The number of halogens is 1. The lowest BCUT2D eigenvalue weighted by atomic mass is 9.82. The van der Waals surface area contributed by atoms with Crippen molar-refractivity contribution in [1.29, 1.82) is 0 Å². The number of likely N-dealkylation sites (tertiary alicyclic amines) is 1. The number of ether oxygens (including phenoxy) is 2. The van der Waals surface area contributed by atoms with Crippen LogP contribution < -0.4 is 5.32 Å². The van der Waals surface area contributed by atoms with E-state index in [9.17, 15) is 9.18 Å². The van der Waals surface area contributed by atoms with Gasteiger partial charge in [0.2, 0.25) is 0 Å². The van der Waals surface area contributed by atoms with Gasteiger partial charge in [0.15, 0.2) is 0 Å². The number of rotatable bonds is 11. The Kier molecular flexibility index (Phi) is 10.8. The van der Waals surface area contributed by atoms with Gasteiger partial charge in [-0.3, -0.25) is 0 Å². The number of piperidine rings is 1. The molecule has 0 bridgehead atoms. The number of carbonyl (C=O) groups excluding carboxylic acids is 1. The molecule has 2 atom stereocenters. The number of amides is 2. The first-order valence-corrected chi connectivity index (χ1v) is 18.9. The van der Waals surface area contributed by atoms with E-state index in [1.165, 1.54) is 6.07 Å². The Hall–Kier alpha value is -2.23. The van der Waals surface area contributed by atoms with Gasteiger partial charge in [-0.25, -0.2) is 13.9 Å². The molecule has 0 radical (unpaired) electrons. The van der Waals surface area contributed by atoms with Gasteiger partial charge in [0.1, 0.15) is 12.5 Å². The van der Waals surface area contributed by atoms with Gasteiger partial charge in [0.25, 0.3) is 0 Å². The highest BCUT2D eigenvalue weighted by Crippen LogP contribution is 2.37. The summed E-state index contributed by atoms with van der Waals surface area (Å²) in [5, 5.41) is 7.97. The van der Waals surface area contributed by atoms with Crippen LogP contribution in [0.15, 0.2) is 30.5 Å². The van der Waals surface area contributed by atoms with Gasteiger partial charge in [0, 0.05) is 39.9 Å². The molecule has 1 aliphatic carbocycles. The van der Waals surface area contributed by atoms with E-state index in [0.29, 0.717) is 25.8 Å². The number of urea groups is 1. The fraction of sp³-hybridized carbons (Fsp3) is 0.677. The SMILES string of the molecule is CCNC(=O)N1CCC[C@H](c2nn(COCC[Si](C)(C)C)cc2C)[C@@H]1CO[C@H]1CC[C@@H](c2cccc(F)c2)CC1. The van der Waals surface area contributed by atoms with E-state index in [-0.39, 0.29) is 29.9 Å². The number of hydrogen-bond donors (Lipinski definition) is 1. The molecule has 2 aromatic rings. The van der Waals surface area contributed by atoms with Crippen molar-refractivity contribution in [2.24, 2.45) is 0 Å². The monoisotopic (exact) mass is 572 g/mol. The molecule has 1 aromatic carbocycles. The van der Waals surface area contributed by atoms with Crippen LogP contribution in [-0.2, 0) is 16.2 Å². The summed E-state index contributed by atoms with van der Waals surface area (Å²) in [6.45, 7) is 14.2. The van der Waals surface area contributed by atoms with Crippen LogP contribution in [0.5, 0.6) is 0 Å². The molecule has 4 rings (SSSR count). The van der Waals surface area contributed by atoms with E-state index in [0.717, 1.165) is 74.5 Å². The summed E-state index contributed by atoms with van der Waals surface area (Å²) < 4.78 is 28.1. The number of aromatic nitrogens is 2. The van der Waals surface area contributed by atoms with Gasteiger partial charge in [-0.15, -0.1) is 0 Å². The quantitative estimate of drug-likeness (QED) is 0.241. The summed E-state index contributed by atoms with van der Waals surface area (Å²) in [5.74, 6) is 0.327. The zero-order chi connectivity index (χ0) is 28.7. The molecule has 7 nitrogen and oxygen atoms in total. The molecule has 222 valence electrons. The lowest BCUT2D eigenvalue weighted by molar-refractivity contribution is -0.0172. The molecule has 2 aliphatic rings. The average molecular weight is 573 g/mol. The molecular weight excluding hydrogens is 523 g/mol. The minimum absolute atomic E-state index is 0.0256. The molecule has 9 heteroatoms. The predicted octanol–water partition coefficient (Wildman–Crippen LogP) is 6.66. The molecule has 1 saturated carbocycles. The van der Waals surface area contributed by atoms with Crippen LogP contribution >= 0.6 is 0 Å². The summed E-state index contributed by atoms with van der Waals surface area (Å²) in [6, 6.07) is 8.04. The second-order valence-corrected chi connectivity index (χ2v) is 18.4. The van der Waals surface area contributed by atoms with Crippen molar-refractivity contribution < 1.29 is 18.7 Å². The molecular formula is C31H49FN4O3Si. The summed E-state index contributed by atoms with van der Waals surface area (Å²) in [6.07, 6.45) is 8.01. The molecule has 2 fully saturated rings. The van der Waals surface area contributed by atoms with Crippen LogP contribution in [0.4, 0.5) is 9.18 Å². The van der Waals surface area contributed by atoms with Crippen LogP contribution in [0, 0.1) is 12.7 Å². The summed E-state index contributed by atoms with van der Waals surface area (Å²) >= 11 is 0. The Labute approximate surface area is 240 Å². The number of hydrogen-bond acceptors (Lipinski definition) is 4. The number of nitrogens with one attached hydrogen (secondary N) is 1. The number of nitrogens with zero attached hydrogens (tertiary/aromatic N) is 3. The summed E-state index contributed by atoms with van der Waals surface area (Å²) in [5.41, 5.74) is 3.27. The Balaban J connectivity index is 1.41. The summed E-state index contributed by atoms with van der Waals surface area (Å²) in [4.78, 5) is 15.1. The standard InChI is InChI=1S/C31H49FN4O3Si/c1-6-33-31(37)36-16-8-11-28(30-23(2)20-35(34-30)22-38-17-18-40(3,4)5)29(36)21-39-27-14-12-24(13-15-27)25-9-7-10-26(32)19-25/h7,9-10,19-20,24,27-29H,6,8,11-18,21-22H2,1-5H3,(H,33,37)/t24-,27+,28-,29-/m0/s1. The van der Waals surface area contributed by atoms with E-state index in [1.807, 2.05) is 22.6 Å². The predicted molar refractivity (Wildman–Crippen MR) is 160 cm³/mol. The van der Waals surface area contributed by atoms with Crippen molar-refractivity contribution in [1.82, 2.24) is 20.0 Å². The summed E-state index contributed by atoms with van der Waals surface area (Å²) in [7, 11) is -1.14. The largest absolute Gasteiger partial charge is 0.376 e. The topological polar surface area (TPSA) is 68.6 Å². The minimum Gasteiger partial charge on any atom is -0.376 e. The number of benzene rings is 1. The molecule has 1 aromatic heterocycles. The second-order valence-electron chi connectivity index (χ2n) is 12.8. The van der Waals surface area contributed by atoms with E-state index < -0.39 is 8.07 Å². The molecule has 2 heterocycles. The van der Waals surface area contributed by atoms with E-state index in [2.05, 4.69) is 38.1 Å². The molecule has 2 amide bonds. The molecule has 1 N–H and O–H groups in total. The van der Waals surface area contributed by atoms with Crippen molar-refractivity contribution in [2.75, 3.05) is 26.3 Å². The van der Waals surface area contributed by atoms with Crippen LogP contribution in [0.2, 0.25) is 25.7 Å². The fourth-order valence-electron chi connectivity index (χ4n) is 6.15. The maximum Gasteiger partial charge on any atom is 0.317 e. The normalized spacial score (nSPS) is 23.8. The Bertz CT molecular complexity index is 1100. The third-order valence-electron chi connectivity index (χ3n) is 8.42. The third kappa shape index (κ3) is 8.39. The van der Waals surface area contributed by atoms with Gasteiger partial charge in [-0.05, 0) is 87.6 Å². The minimum atomic E-state index is -1.14. The zero-order valence-corrected chi connectivity index (χ0v) is 26.1. The van der Waals surface area contributed by atoms with Crippen molar-refractivity contribution >= 4 is 14.1 Å². The van der Waals surface area contributed by atoms with Crippen LogP contribution in [0.3, 0.4) is 0 Å². The molecule has 1 aliphatic heterocycles. The van der Waals surface area contributed by atoms with Crippen LogP contribution in [0.25, 0.3) is 0 Å². The Morgan fingerprint density at radius 2 is 1.95 bits per heavy atom. The van der Waals surface area contributed by atoms with E-state index in [1.54, 1.807) is 12.1 Å². The van der Waals surface area contributed by atoms with Gasteiger partial charge in [-0.2, -0.15) is 5.10 Å². The van der Waals surface area contributed by atoms with Gasteiger partial charge < -0.3 is 19.7 Å². The van der Waals surface area contributed by atoms with E-state index in [4.69, 9.17) is 14.6 Å². The third-order valence-corrected chi connectivity index (χ3v) is 10.1. The highest BCUT2D eigenvalue weighted by molar-refractivity contribution is 6.76. The molecule has 1 saturated heterocycles. The maximum atomic E-state index is 13.7. The first-order chi connectivity index (χ1) is 19.1. The average Bonchev–Trinajstić information content (AvgIpc) is 3.29. The van der Waals surface area contributed by atoms with Crippen molar-refractivity contribution in [3.8, 4) is 0 Å². The highest BCUT2D eigenvalue weighted by Gasteiger charge is 2.38. The smallest absolute Gasteiger partial charge is 0.317 e. The number of carbonyl (C=O) groups is 1.